The molecule has 0 aromatic carbocycles. The van der Waals surface area contributed by atoms with Gasteiger partial charge < -0.3 is 14.6 Å². The summed E-state index contributed by atoms with van der Waals surface area (Å²) < 4.78 is 11.2. The first-order valence-corrected chi connectivity index (χ1v) is 27.2. The van der Waals surface area contributed by atoms with Gasteiger partial charge in [0.25, 0.3) is 0 Å². The zero-order valence-corrected chi connectivity index (χ0v) is 41.2. The van der Waals surface area contributed by atoms with Crippen LogP contribution in [0.2, 0.25) is 0 Å². The number of unbranched alkanes of at least 4 members (excludes halogenated alkanes) is 35. The number of aliphatic hydroxyl groups excluding tert-OH is 1. The first kappa shape index (κ1) is 59.4. The number of carbonyl (C=O) groups is 1. The van der Waals surface area contributed by atoms with Gasteiger partial charge in [-0.2, -0.15) is 0 Å². The number of allylic oxidation sites excluding steroid dienone is 8. The molecule has 0 fully saturated rings. The van der Waals surface area contributed by atoms with Crippen LogP contribution in [0.1, 0.15) is 284 Å². The lowest BCUT2D eigenvalue weighted by molar-refractivity contribution is -0.154. The molecule has 0 amide bonds. The molecule has 1 N–H and O–H groups in total. The highest BCUT2D eigenvalue weighted by molar-refractivity contribution is 5.69. The molecule has 0 rings (SSSR count). The molecule has 358 valence electrons. The maximum Gasteiger partial charge on any atom is 0.306 e. The van der Waals surface area contributed by atoms with Crippen molar-refractivity contribution in [3.8, 4) is 0 Å². The number of hydrogen-bond acceptors (Lipinski definition) is 4. The van der Waals surface area contributed by atoms with Crippen LogP contribution in [0.25, 0.3) is 0 Å². The molecule has 1 unspecified atom stereocenters. The van der Waals surface area contributed by atoms with Crippen LogP contribution in [-0.4, -0.2) is 37.0 Å². The second-order valence-corrected chi connectivity index (χ2v) is 18.3. The summed E-state index contributed by atoms with van der Waals surface area (Å²) in [5, 5.41) is 9.67. The van der Waals surface area contributed by atoms with E-state index in [1.165, 1.54) is 218 Å². The molecule has 0 heterocycles. The minimum atomic E-state index is -0.534. The largest absolute Gasteiger partial charge is 0.457 e. The van der Waals surface area contributed by atoms with E-state index >= 15 is 0 Å². The summed E-state index contributed by atoms with van der Waals surface area (Å²) >= 11 is 0. The predicted octanol–water partition coefficient (Wildman–Crippen LogP) is 18.6. The molecule has 0 saturated carbocycles. The summed E-state index contributed by atoms with van der Waals surface area (Å²) in [6.07, 6.45) is 72.2. The average Bonchev–Trinajstić information content (AvgIpc) is 3.27. The summed E-state index contributed by atoms with van der Waals surface area (Å²) in [6, 6.07) is 0. The van der Waals surface area contributed by atoms with E-state index in [0.29, 0.717) is 19.6 Å². The molecule has 0 aliphatic carbocycles. The number of hydrogen-bond donors (Lipinski definition) is 1. The van der Waals surface area contributed by atoms with E-state index in [9.17, 15) is 9.90 Å². The molecule has 0 aromatic heterocycles. The highest BCUT2D eigenvalue weighted by Gasteiger charge is 2.13. The lowest BCUT2D eigenvalue weighted by Gasteiger charge is -2.16. The lowest BCUT2D eigenvalue weighted by Crippen LogP contribution is -2.27. The standard InChI is InChI=1S/C57H106O4/c1-3-5-7-9-11-13-15-17-19-21-23-25-27-28-29-31-33-35-37-39-41-43-45-47-49-51-53-60-55-56(54-58)61-57(59)52-50-48-46-44-42-40-38-36-34-32-30-26-24-22-20-18-16-14-12-10-8-6-4-2/h5,7,11,13,17,19,23,25,56,58H,3-4,6,8-10,12,14-16,18,20-22,24,26-55H2,1-2H3/b7-5-,13-11-,19-17-,25-23-. The fourth-order valence-electron chi connectivity index (χ4n) is 8.15. The minimum absolute atomic E-state index is 0.169. The van der Waals surface area contributed by atoms with Gasteiger partial charge in [0.15, 0.2) is 0 Å². The maximum atomic E-state index is 12.3. The van der Waals surface area contributed by atoms with Crippen molar-refractivity contribution >= 4 is 5.97 Å². The maximum absolute atomic E-state index is 12.3. The summed E-state index contributed by atoms with van der Waals surface area (Å²) in [5.74, 6) is -0.195. The molecule has 0 aliphatic rings. The Morgan fingerprint density at radius 3 is 1.11 bits per heavy atom. The molecule has 1 atom stereocenters. The van der Waals surface area contributed by atoms with Gasteiger partial charge in [-0.3, -0.25) is 4.79 Å². The average molecular weight is 855 g/mol. The van der Waals surface area contributed by atoms with Crippen molar-refractivity contribution < 1.29 is 19.4 Å². The molecular formula is C57H106O4. The van der Waals surface area contributed by atoms with Crippen LogP contribution in [0.4, 0.5) is 0 Å². The van der Waals surface area contributed by atoms with Gasteiger partial charge in [-0.25, -0.2) is 0 Å². The fraction of sp³-hybridized carbons (Fsp3) is 0.842. The van der Waals surface area contributed by atoms with Crippen LogP contribution in [-0.2, 0) is 14.3 Å². The molecule has 0 spiro atoms. The monoisotopic (exact) mass is 855 g/mol. The number of rotatable bonds is 51. The predicted molar refractivity (Wildman–Crippen MR) is 270 cm³/mol. The Kier molecular flexibility index (Phi) is 53.0. The molecule has 61 heavy (non-hydrogen) atoms. The quantitative estimate of drug-likeness (QED) is 0.0376. The molecule has 0 aromatic rings. The SMILES string of the molecule is CC/C=C\C/C=C\C/C=C\C/C=C\CCCCCCCCCCCCCCCOCC(CO)OC(=O)CCCCCCCCCCCCCCCCCCCCCCCCC. The summed E-state index contributed by atoms with van der Waals surface area (Å²) in [6.45, 7) is 5.28. The third kappa shape index (κ3) is 52.6. The normalized spacial score (nSPS) is 12.6. The van der Waals surface area contributed by atoms with E-state index in [-0.39, 0.29) is 12.6 Å². The van der Waals surface area contributed by atoms with Crippen molar-refractivity contribution in [2.75, 3.05) is 19.8 Å². The van der Waals surface area contributed by atoms with Crippen LogP contribution in [0, 0.1) is 0 Å². The Labute approximate surface area is 382 Å². The molecular weight excluding hydrogens is 749 g/mol. The van der Waals surface area contributed by atoms with Crippen LogP contribution in [0.5, 0.6) is 0 Å². The van der Waals surface area contributed by atoms with E-state index in [4.69, 9.17) is 9.47 Å². The second kappa shape index (κ2) is 54.5. The van der Waals surface area contributed by atoms with Crippen molar-refractivity contribution in [1.82, 2.24) is 0 Å². The zero-order valence-electron chi connectivity index (χ0n) is 41.2. The second-order valence-electron chi connectivity index (χ2n) is 18.3. The number of carbonyl (C=O) groups excluding carboxylic acids is 1. The van der Waals surface area contributed by atoms with Gasteiger partial charge in [0.2, 0.25) is 0 Å². The van der Waals surface area contributed by atoms with Gasteiger partial charge in [0.1, 0.15) is 6.10 Å². The van der Waals surface area contributed by atoms with Gasteiger partial charge in [-0.15, -0.1) is 0 Å². The van der Waals surface area contributed by atoms with Crippen molar-refractivity contribution in [2.45, 2.75) is 290 Å². The third-order valence-corrected chi connectivity index (χ3v) is 12.2. The molecule has 0 saturated heterocycles. The topological polar surface area (TPSA) is 55.8 Å². The fourth-order valence-corrected chi connectivity index (χ4v) is 8.15. The number of esters is 1. The van der Waals surface area contributed by atoms with Gasteiger partial charge in [0, 0.05) is 13.0 Å². The molecule has 0 radical (unpaired) electrons. The minimum Gasteiger partial charge on any atom is -0.457 e. The van der Waals surface area contributed by atoms with E-state index in [1.54, 1.807) is 0 Å². The first-order chi connectivity index (χ1) is 30.2. The Hall–Kier alpha value is -1.65. The van der Waals surface area contributed by atoms with Crippen LogP contribution < -0.4 is 0 Å². The summed E-state index contributed by atoms with van der Waals surface area (Å²) in [7, 11) is 0. The van der Waals surface area contributed by atoms with E-state index in [1.807, 2.05) is 0 Å². The highest BCUT2D eigenvalue weighted by atomic mass is 16.6. The van der Waals surface area contributed by atoms with Gasteiger partial charge in [-0.05, 0) is 51.4 Å². The van der Waals surface area contributed by atoms with Crippen molar-refractivity contribution in [3.05, 3.63) is 48.6 Å². The van der Waals surface area contributed by atoms with Gasteiger partial charge >= 0.3 is 5.97 Å². The van der Waals surface area contributed by atoms with Crippen molar-refractivity contribution in [1.29, 1.82) is 0 Å². The van der Waals surface area contributed by atoms with Crippen LogP contribution >= 0.6 is 0 Å². The van der Waals surface area contributed by atoms with Gasteiger partial charge in [-0.1, -0.05) is 274 Å². The number of aliphatic hydroxyl groups is 1. The van der Waals surface area contributed by atoms with E-state index in [2.05, 4.69) is 62.5 Å². The highest BCUT2D eigenvalue weighted by Crippen LogP contribution is 2.17. The molecule has 0 bridgehead atoms. The Morgan fingerprint density at radius 2 is 0.738 bits per heavy atom. The van der Waals surface area contributed by atoms with Crippen molar-refractivity contribution in [2.24, 2.45) is 0 Å². The van der Waals surface area contributed by atoms with E-state index in [0.717, 1.165) is 44.9 Å². The first-order valence-electron chi connectivity index (χ1n) is 27.2. The third-order valence-electron chi connectivity index (χ3n) is 12.2. The van der Waals surface area contributed by atoms with Crippen molar-refractivity contribution in [3.63, 3.8) is 0 Å². The number of ether oxygens (including phenoxy) is 2. The molecule has 4 heteroatoms. The van der Waals surface area contributed by atoms with Crippen LogP contribution in [0.15, 0.2) is 48.6 Å². The molecule has 0 aliphatic heterocycles. The summed E-state index contributed by atoms with van der Waals surface area (Å²) in [5.41, 5.74) is 0. The Bertz CT molecular complexity index is 951. The Morgan fingerprint density at radius 1 is 0.410 bits per heavy atom. The van der Waals surface area contributed by atoms with Crippen LogP contribution in [0.3, 0.4) is 0 Å². The molecule has 4 nitrogen and oxygen atoms in total. The summed E-state index contributed by atoms with van der Waals surface area (Å²) in [4.78, 5) is 12.3. The zero-order chi connectivity index (χ0) is 44.0. The Balaban J connectivity index is 3.37. The smallest absolute Gasteiger partial charge is 0.306 e. The van der Waals surface area contributed by atoms with Gasteiger partial charge in [0.05, 0.1) is 13.2 Å². The lowest BCUT2D eigenvalue weighted by atomic mass is 10.0. The van der Waals surface area contributed by atoms with E-state index < -0.39 is 6.10 Å².